The molecule has 1 amide bonds. The number of anilines is 1. The molecule has 1 atom stereocenters. The summed E-state index contributed by atoms with van der Waals surface area (Å²) in [6.07, 6.45) is 0. The largest absolute Gasteiger partial charge is 0.373 e. The Labute approximate surface area is 168 Å². The van der Waals surface area contributed by atoms with Gasteiger partial charge >= 0.3 is 0 Å². The maximum atomic E-state index is 11.8. The third kappa shape index (κ3) is 4.26. The Morgan fingerprint density at radius 3 is 2.38 bits per heavy atom. The van der Waals surface area contributed by atoms with E-state index in [4.69, 9.17) is 0 Å². The second-order valence-corrected chi connectivity index (χ2v) is 6.86. The van der Waals surface area contributed by atoms with Gasteiger partial charge in [0.1, 0.15) is 5.69 Å². The van der Waals surface area contributed by atoms with Gasteiger partial charge in [0, 0.05) is 30.4 Å². The summed E-state index contributed by atoms with van der Waals surface area (Å²) in [4.78, 5) is 22.7. The number of rotatable bonds is 6. The van der Waals surface area contributed by atoms with Crippen molar-refractivity contribution in [1.29, 1.82) is 0 Å². The number of carbonyl (C=O) groups is 1. The molecule has 0 unspecified atom stereocenters. The predicted octanol–water partition coefficient (Wildman–Crippen LogP) is 3.93. The van der Waals surface area contributed by atoms with Gasteiger partial charge in [0.25, 0.3) is 11.6 Å². The first-order chi connectivity index (χ1) is 13.8. The molecule has 150 valence electrons. The van der Waals surface area contributed by atoms with Gasteiger partial charge in [-0.25, -0.2) is 4.68 Å². The minimum atomic E-state index is -0.493. The molecule has 2 N–H and O–H groups in total. The molecule has 0 aliphatic carbocycles. The van der Waals surface area contributed by atoms with Crippen LogP contribution in [-0.4, -0.2) is 27.7 Å². The summed E-state index contributed by atoms with van der Waals surface area (Å²) in [6.45, 7) is 5.88. The third-order valence-electron chi connectivity index (χ3n) is 4.70. The summed E-state index contributed by atoms with van der Waals surface area (Å²) in [5, 5.41) is 21.6. The molecule has 1 aromatic heterocycles. The van der Waals surface area contributed by atoms with E-state index in [2.05, 4.69) is 15.7 Å². The Hall–Kier alpha value is -3.68. The zero-order chi connectivity index (χ0) is 21.1. The molecular formula is C21H23N5O3. The highest BCUT2D eigenvalue weighted by Crippen LogP contribution is 2.29. The van der Waals surface area contributed by atoms with Crippen molar-refractivity contribution in [1.82, 2.24) is 15.1 Å². The Bertz CT molecular complexity index is 1060. The van der Waals surface area contributed by atoms with Gasteiger partial charge in [0.05, 0.1) is 16.3 Å². The number of aromatic nitrogens is 2. The lowest BCUT2D eigenvalue weighted by molar-refractivity contribution is -0.384. The van der Waals surface area contributed by atoms with Crippen LogP contribution in [0.25, 0.3) is 5.69 Å². The van der Waals surface area contributed by atoms with E-state index in [-0.39, 0.29) is 23.2 Å². The summed E-state index contributed by atoms with van der Waals surface area (Å²) in [6, 6.07) is 14.1. The number of nitro groups is 1. The molecule has 2 aromatic carbocycles. The van der Waals surface area contributed by atoms with Gasteiger partial charge in [-0.2, -0.15) is 5.10 Å². The Balaban J connectivity index is 1.83. The minimum absolute atomic E-state index is 0.141. The first-order valence-electron chi connectivity index (χ1n) is 9.21. The summed E-state index contributed by atoms with van der Waals surface area (Å²) >= 11 is 0. The maximum absolute atomic E-state index is 11.8. The molecule has 0 saturated heterocycles. The van der Waals surface area contributed by atoms with Crippen LogP contribution in [0.4, 0.5) is 11.4 Å². The topological polar surface area (TPSA) is 102 Å². The van der Waals surface area contributed by atoms with Gasteiger partial charge in [-0.1, -0.05) is 12.1 Å². The molecule has 8 heteroatoms. The fourth-order valence-corrected chi connectivity index (χ4v) is 3.20. The smallest absolute Gasteiger partial charge is 0.293 e. The van der Waals surface area contributed by atoms with E-state index in [0.717, 1.165) is 22.6 Å². The first kappa shape index (κ1) is 20.1. The number of nitro benzene ring substituents is 1. The molecule has 8 nitrogen and oxygen atoms in total. The monoisotopic (exact) mass is 393 g/mol. The van der Waals surface area contributed by atoms with E-state index in [1.165, 1.54) is 13.1 Å². The van der Waals surface area contributed by atoms with E-state index in [9.17, 15) is 14.9 Å². The van der Waals surface area contributed by atoms with Crippen LogP contribution in [-0.2, 0) is 0 Å². The molecule has 0 fully saturated rings. The highest BCUT2D eigenvalue weighted by molar-refractivity contribution is 5.95. The average molecular weight is 393 g/mol. The Kier molecular flexibility index (Phi) is 5.63. The molecule has 3 rings (SSSR count). The number of amides is 1. The van der Waals surface area contributed by atoms with Crippen LogP contribution in [0, 0.1) is 24.0 Å². The van der Waals surface area contributed by atoms with Crippen LogP contribution in [0.1, 0.15) is 40.3 Å². The highest BCUT2D eigenvalue weighted by atomic mass is 16.6. The number of hydrogen-bond donors (Lipinski definition) is 2. The molecule has 0 saturated carbocycles. The number of hydrogen-bond acceptors (Lipinski definition) is 5. The number of nitrogens with one attached hydrogen (secondary N) is 2. The van der Waals surface area contributed by atoms with Gasteiger partial charge in [-0.15, -0.1) is 0 Å². The zero-order valence-corrected chi connectivity index (χ0v) is 16.8. The van der Waals surface area contributed by atoms with E-state index in [1.54, 1.807) is 12.1 Å². The molecule has 0 aliphatic rings. The van der Waals surface area contributed by atoms with Crippen LogP contribution in [0.15, 0.2) is 48.5 Å². The quantitative estimate of drug-likeness (QED) is 0.488. The minimum Gasteiger partial charge on any atom is -0.373 e. The molecule has 0 bridgehead atoms. The van der Waals surface area contributed by atoms with Gasteiger partial charge in [-0.3, -0.25) is 14.9 Å². The number of aryl methyl sites for hydroxylation is 2. The second kappa shape index (κ2) is 8.14. The van der Waals surface area contributed by atoms with Gasteiger partial charge in [0.15, 0.2) is 0 Å². The number of nitrogens with zero attached hydrogens (tertiary/aromatic N) is 3. The van der Waals surface area contributed by atoms with Crippen LogP contribution in [0.5, 0.6) is 0 Å². The Morgan fingerprint density at radius 2 is 1.83 bits per heavy atom. The lowest BCUT2D eigenvalue weighted by Crippen LogP contribution is -2.18. The fourth-order valence-electron chi connectivity index (χ4n) is 3.20. The molecule has 0 spiro atoms. The third-order valence-corrected chi connectivity index (χ3v) is 4.70. The van der Waals surface area contributed by atoms with Crippen molar-refractivity contribution in [3.05, 3.63) is 81.2 Å². The van der Waals surface area contributed by atoms with Crippen LogP contribution in [0.2, 0.25) is 0 Å². The van der Waals surface area contributed by atoms with Crippen molar-refractivity contribution >= 4 is 17.3 Å². The highest BCUT2D eigenvalue weighted by Gasteiger charge is 2.19. The van der Waals surface area contributed by atoms with Crippen molar-refractivity contribution in [2.24, 2.45) is 0 Å². The van der Waals surface area contributed by atoms with Gasteiger partial charge < -0.3 is 10.6 Å². The summed E-state index contributed by atoms with van der Waals surface area (Å²) < 4.78 is 1.87. The molecule has 3 aromatic rings. The molecule has 0 radical (unpaired) electrons. The lowest BCUT2D eigenvalue weighted by Gasteiger charge is -2.17. The summed E-state index contributed by atoms with van der Waals surface area (Å²) in [7, 11) is 1.48. The lowest BCUT2D eigenvalue weighted by atomic mass is 10.1. The number of carbonyl (C=O) groups excluding carboxylic acids is 1. The first-order valence-corrected chi connectivity index (χ1v) is 9.21. The predicted molar refractivity (Wildman–Crippen MR) is 112 cm³/mol. The zero-order valence-electron chi connectivity index (χ0n) is 16.8. The molecular weight excluding hydrogens is 370 g/mol. The number of benzene rings is 2. The van der Waals surface area contributed by atoms with Gasteiger partial charge in [-0.05, 0) is 56.7 Å². The van der Waals surface area contributed by atoms with Crippen LogP contribution < -0.4 is 10.6 Å². The van der Waals surface area contributed by atoms with E-state index in [0.29, 0.717) is 5.69 Å². The van der Waals surface area contributed by atoms with Crippen molar-refractivity contribution < 1.29 is 9.72 Å². The maximum Gasteiger partial charge on any atom is 0.293 e. The molecule has 29 heavy (non-hydrogen) atoms. The standard InChI is InChI=1S/C21H23N5O3/c1-13-11-14(2)25(24-13)18-8-5-16(6-9-18)15(3)23-19-10-7-17(21(27)22-4)12-20(19)26(28)29/h5-12,15,23H,1-4H3,(H,22,27)/t15-/m0/s1. The average Bonchev–Trinajstić information content (AvgIpc) is 3.05. The fraction of sp³-hybridized carbons (Fsp3) is 0.238. The van der Waals surface area contributed by atoms with Gasteiger partial charge in [0.2, 0.25) is 0 Å². The van der Waals surface area contributed by atoms with E-state index < -0.39 is 4.92 Å². The van der Waals surface area contributed by atoms with Crippen molar-refractivity contribution in [2.75, 3.05) is 12.4 Å². The molecule has 1 heterocycles. The van der Waals surface area contributed by atoms with Crippen molar-refractivity contribution in [3.63, 3.8) is 0 Å². The summed E-state index contributed by atoms with van der Waals surface area (Å²) in [5.41, 5.74) is 4.39. The van der Waals surface area contributed by atoms with E-state index >= 15 is 0 Å². The van der Waals surface area contributed by atoms with Crippen molar-refractivity contribution in [2.45, 2.75) is 26.8 Å². The molecule has 0 aliphatic heterocycles. The van der Waals surface area contributed by atoms with Crippen LogP contribution in [0.3, 0.4) is 0 Å². The van der Waals surface area contributed by atoms with Crippen molar-refractivity contribution in [3.8, 4) is 5.69 Å². The normalized spacial score (nSPS) is 11.7. The van der Waals surface area contributed by atoms with E-state index in [1.807, 2.05) is 55.8 Å². The Morgan fingerprint density at radius 1 is 1.14 bits per heavy atom. The second-order valence-electron chi connectivity index (χ2n) is 6.86. The summed E-state index contributed by atoms with van der Waals surface area (Å²) in [5.74, 6) is -0.368. The SMILES string of the molecule is CNC(=O)c1ccc(N[C@@H](C)c2ccc(-n3nc(C)cc3C)cc2)c([N+](=O)[O-])c1. The van der Waals surface area contributed by atoms with Crippen LogP contribution >= 0.6 is 0 Å².